The van der Waals surface area contributed by atoms with Gasteiger partial charge in [-0.3, -0.25) is 9.52 Å². The van der Waals surface area contributed by atoms with Gasteiger partial charge in [0.1, 0.15) is 20.2 Å². The van der Waals surface area contributed by atoms with E-state index in [9.17, 15) is 39.2 Å². The Labute approximate surface area is 248 Å². The number of hydrogen-bond acceptors (Lipinski definition) is 9. The molecule has 2 rings (SSSR count). The molecule has 0 bridgehead atoms. The van der Waals surface area contributed by atoms with E-state index in [1.807, 2.05) is 4.72 Å². The zero-order valence-corrected chi connectivity index (χ0v) is 26.0. The molecular weight excluding hydrogens is 542 g/mol. The third kappa shape index (κ3) is 10.6. The number of sulfonamides is 1. The van der Waals surface area contributed by atoms with Crippen molar-refractivity contribution in [2.24, 2.45) is 5.92 Å². The molecule has 2 N–H and O–H groups in total. The molecule has 2 aromatic carbocycles. The molecule has 0 radical (unpaired) electrons. The Bertz CT molecular complexity index is 1440. The molecule has 0 aliphatic carbocycles. The number of benzene rings is 2. The van der Waals surface area contributed by atoms with Crippen LogP contribution >= 0.6 is 0 Å². The predicted octanol–water partition coefficient (Wildman–Crippen LogP) is -4.36. The SMILES string of the molecule is CC(C)C(=O)Nc1ccc(/C=C/c2ccc(NS(C)(=O)=O)cc2S(=O)(=O)[O-])c(S(=O)(=O)[O-])c1.[Na+].[Na+]. The van der Waals surface area contributed by atoms with Crippen LogP contribution in [0.4, 0.5) is 11.4 Å². The summed E-state index contributed by atoms with van der Waals surface area (Å²) in [7, 11) is -13.8. The van der Waals surface area contributed by atoms with Crippen molar-refractivity contribution in [1.82, 2.24) is 0 Å². The van der Waals surface area contributed by atoms with Gasteiger partial charge < -0.3 is 14.4 Å². The number of amides is 1. The molecule has 0 saturated heterocycles. The van der Waals surface area contributed by atoms with E-state index in [1.165, 1.54) is 18.2 Å². The summed E-state index contributed by atoms with van der Waals surface area (Å²) < 4.78 is 94.9. The van der Waals surface area contributed by atoms with E-state index in [0.29, 0.717) is 0 Å². The summed E-state index contributed by atoms with van der Waals surface area (Å²) in [4.78, 5) is 10.4. The van der Waals surface area contributed by atoms with Crippen molar-refractivity contribution in [3.63, 3.8) is 0 Å². The molecule has 0 aliphatic heterocycles. The predicted molar refractivity (Wildman–Crippen MR) is 120 cm³/mol. The van der Waals surface area contributed by atoms with Crippen molar-refractivity contribution in [3.05, 3.63) is 47.5 Å². The van der Waals surface area contributed by atoms with Gasteiger partial charge in [0, 0.05) is 17.3 Å². The zero-order valence-electron chi connectivity index (χ0n) is 19.6. The van der Waals surface area contributed by atoms with Gasteiger partial charge in [-0.25, -0.2) is 25.3 Å². The first kappa shape index (κ1) is 34.2. The minimum atomic E-state index is -5.05. The smallest absolute Gasteiger partial charge is 0.744 e. The van der Waals surface area contributed by atoms with E-state index in [-0.39, 0.29) is 81.6 Å². The Kier molecular flexibility index (Phi) is 12.9. The maximum absolute atomic E-state index is 11.8. The van der Waals surface area contributed by atoms with E-state index in [4.69, 9.17) is 0 Å². The van der Waals surface area contributed by atoms with Gasteiger partial charge in [0.05, 0.1) is 16.0 Å². The van der Waals surface area contributed by atoms with Crippen LogP contribution in [0.1, 0.15) is 25.0 Å². The second-order valence-electron chi connectivity index (χ2n) is 7.26. The van der Waals surface area contributed by atoms with Crippen LogP contribution in [-0.4, -0.2) is 46.5 Å². The largest absolute Gasteiger partial charge is 1.00 e. The number of rotatable bonds is 8. The van der Waals surface area contributed by atoms with E-state index in [0.717, 1.165) is 36.6 Å². The molecule has 1 amide bonds. The van der Waals surface area contributed by atoms with Gasteiger partial charge in [-0.1, -0.05) is 38.1 Å². The average molecular weight is 563 g/mol. The number of carbonyl (C=O) groups is 1. The van der Waals surface area contributed by atoms with Gasteiger partial charge in [-0.2, -0.15) is 0 Å². The Morgan fingerprint density at radius 3 is 1.57 bits per heavy atom. The summed E-state index contributed by atoms with van der Waals surface area (Å²) in [5.74, 6) is -0.801. The molecular formula is C19H20N2Na2O9S3. The molecule has 0 heterocycles. The fourth-order valence-corrected chi connectivity index (χ4v) is 4.55. The van der Waals surface area contributed by atoms with Crippen molar-refractivity contribution < 1.29 is 98.3 Å². The van der Waals surface area contributed by atoms with Crippen LogP contribution in [0.15, 0.2) is 46.2 Å². The maximum atomic E-state index is 11.8. The van der Waals surface area contributed by atoms with Gasteiger partial charge in [0.15, 0.2) is 0 Å². The van der Waals surface area contributed by atoms with Crippen molar-refractivity contribution in [2.45, 2.75) is 23.6 Å². The standard InChI is InChI=1S/C19H22N2O9S3.2Na/c1-12(2)19(22)20-15-8-6-13(17(10-15)32(25,26)27)4-5-14-7-9-16(21-31(3,23)24)11-18(14)33(28,29)30;;/h4-12,21H,1-3H3,(H,20,22)(H,25,26,27)(H,28,29,30);;/q;2*+1/p-2/b5-4+;;. The normalized spacial score (nSPS) is 12.1. The third-order valence-electron chi connectivity index (χ3n) is 4.10. The third-order valence-corrected chi connectivity index (χ3v) is 6.49. The van der Waals surface area contributed by atoms with Gasteiger partial charge in [0.2, 0.25) is 15.9 Å². The molecule has 16 heteroatoms. The molecule has 0 unspecified atom stereocenters. The van der Waals surface area contributed by atoms with Gasteiger partial charge >= 0.3 is 59.1 Å². The van der Waals surface area contributed by atoms with Crippen molar-refractivity contribution >= 4 is 59.7 Å². The molecule has 0 aromatic heterocycles. The number of anilines is 2. The Morgan fingerprint density at radius 2 is 1.20 bits per heavy atom. The molecule has 2 aromatic rings. The first-order valence-corrected chi connectivity index (χ1v) is 13.8. The number of nitrogens with one attached hydrogen (secondary N) is 2. The van der Waals surface area contributed by atoms with Crippen LogP contribution in [0.5, 0.6) is 0 Å². The van der Waals surface area contributed by atoms with E-state index >= 15 is 0 Å². The minimum Gasteiger partial charge on any atom is -0.744 e. The second-order valence-corrected chi connectivity index (χ2v) is 11.7. The summed E-state index contributed by atoms with van der Waals surface area (Å²) >= 11 is 0. The van der Waals surface area contributed by atoms with Crippen molar-refractivity contribution in [3.8, 4) is 0 Å². The maximum Gasteiger partial charge on any atom is 1.00 e. The van der Waals surface area contributed by atoms with Crippen LogP contribution < -0.4 is 69.2 Å². The summed E-state index contributed by atoms with van der Waals surface area (Å²) in [6.07, 6.45) is 3.03. The van der Waals surface area contributed by atoms with Crippen molar-refractivity contribution in [2.75, 3.05) is 16.3 Å². The van der Waals surface area contributed by atoms with Crippen LogP contribution in [-0.2, 0) is 35.1 Å². The first-order chi connectivity index (χ1) is 15.0. The Hall–Kier alpha value is -0.780. The average Bonchev–Trinajstić information content (AvgIpc) is 2.64. The fraction of sp³-hybridized carbons (Fsp3) is 0.211. The minimum absolute atomic E-state index is 0. The quantitative estimate of drug-likeness (QED) is 0.182. The topological polar surface area (TPSA) is 190 Å². The molecule has 0 fully saturated rings. The molecule has 0 atom stereocenters. The molecule has 35 heavy (non-hydrogen) atoms. The molecule has 0 saturated carbocycles. The monoisotopic (exact) mass is 562 g/mol. The fourth-order valence-electron chi connectivity index (χ4n) is 2.60. The molecule has 11 nitrogen and oxygen atoms in total. The zero-order chi connectivity index (χ0) is 25.2. The summed E-state index contributed by atoms with van der Waals surface area (Å²) in [5.41, 5.74) is -0.396. The van der Waals surface area contributed by atoms with Crippen LogP contribution in [0.2, 0.25) is 0 Å². The molecule has 0 aliphatic rings. The second kappa shape index (κ2) is 13.1. The van der Waals surface area contributed by atoms with Crippen LogP contribution in [0.25, 0.3) is 12.2 Å². The Balaban J connectivity index is 0.00000578. The van der Waals surface area contributed by atoms with Crippen LogP contribution in [0, 0.1) is 5.92 Å². The molecule has 0 spiro atoms. The van der Waals surface area contributed by atoms with E-state index < -0.39 is 51.9 Å². The van der Waals surface area contributed by atoms with Crippen molar-refractivity contribution in [1.29, 1.82) is 0 Å². The Morgan fingerprint density at radius 1 is 0.800 bits per heavy atom. The number of carbonyl (C=O) groups excluding carboxylic acids is 1. The summed E-state index contributed by atoms with van der Waals surface area (Å²) in [6, 6.07) is 6.69. The summed E-state index contributed by atoms with van der Waals surface area (Å²) in [5, 5.41) is 2.47. The van der Waals surface area contributed by atoms with E-state index in [1.54, 1.807) is 13.8 Å². The summed E-state index contributed by atoms with van der Waals surface area (Å²) in [6.45, 7) is 3.24. The van der Waals surface area contributed by atoms with E-state index in [2.05, 4.69) is 5.32 Å². The first-order valence-electron chi connectivity index (χ1n) is 9.14. The van der Waals surface area contributed by atoms with Crippen LogP contribution in [0.3, 0.4) is 0 Å². The van der Waals surface area contributed by atoms with Gasteiger partial charge in [0.25, 0.3) is 0 Å². The number of hydrogen-bond donors (Lipinski definition) is 2. The van der Waals surface area contributed by atoms with Gasteiger partial charge in [-0.15, -0.1) is 0 Å². The molecule has 180 valence electrons. The van der Waals surface area contributed by atoms with Gasteiger partial charge in [-0.05, 0) is 35.4 Å².